The Morgan fingerprint density at radius 1 is 1.06 bits per heavy atom. The lowest BCUT2D eigenvalue weighted by molar-refractivity contribution is -0.123. The molecule has 0 unspecified atom stereocenters. The molecule has 0 aliphatic carbocycles. The number of rotatable bonds is 5. The summed E-state index contributed by atoms with van der Waals surface area (Å²) in [4.78, 5) is 38.2. The van der Waals surface area contributed by atoms with Gasteiger partial charge in [0.15, 0.2) is 0 Å². The Morgan fingerprint density at radius 3 is 2.45 bits per heavy atom. The average Bonchev–Trinajstić information content (AvgIpc) is 3.35. The molecule has 2 aromatic carbocycles. The number of nitrogens with zero attached hydrogens (tertiary/aromatic N) is 1. The minimum Gasteiger partial charge on any atom is -0.465 e. The number of carbonyl (C=O) groups is 3. The molecular formula is C23H16INO5S. The molecule has 2 heterocycles. The quantitative estimate of drug-likeness (QED) is 0.237. The smallest absolute Gasteiger partial charge is 0.337 e. The largest absolute Gasteiger partial charge is 0.465 e. The summed E-state index contributed by atoms with van der Waals surface area (Å²) in [6.07, 6.45) is 1.57. The summed E-state index contributed by atoms with van der Waals surface area (Å²) in [5, 5.41) is -0.306. The molecule has 1 saturated heterocycles. The van der Waals surface area contributed by atoms with Crippen LogP contribution in [-0.4, -0.2) is 29.1 Å². The van der Waals surface area contributed by atoms with Gasteiger partial charge in [-0.3, -0.25) is 14.5 Å². The summed E-state index contributed by atoms with van der Waals surface area (Å²) in [6.45, 7) is 0.231. The maximum absolute atomic E-state index is 12.7. The van der Waals surface area contributed by atoms with Crippen LogP contribution in [0.4, 0.5) is 4.79 Å². The molecule has 0 saturated carbocycles. The Bertz CT molecular complexity index is 1180. The van der Waals surface area contributed by atoms with E-state index in [1.54, 1.807) is 42.5 Å². The van der Waals surface area contributed by atoms with Gasteiger partial charge in [0.1, 0.15) is 11.5 Å². The van der Waals surface area contributed by atoms with Crippen molar-refractivity contribution in [3.05, 3.63) is 86.0 Å². The lowest BCUT2D eigenvalue weighted by Gasteiger charge is -2.12. The highest BCUT2D eigenvalue weighted by molar-refractivity contribution is 14.1. The summed E-state index contributed by atoms with van der Waals surface area (Å²) in [6, 6.07) is 18.0. The van der Waals surface area contributed by atoms with Gasteiger partial charge in [-0.2, -0.15) is 0 Å². The van der Waals surface area contributed by atoms with Crippen molar-refractivity contribution in [1.82, 2.24) is 4.90 Å². The zero-order valence-corrected chi connectivity index (χ0v) is 19.3. The number of ether oxygens (including phenoxy) is 1. The minimum atomic E-state index is -0.410. The third-order valence-electron chi connectivity index (χ3n) is 4.62. The van der Waals surface area contributed by atoms with Crippen molar-refractivity contribution in [3.8, 4) is 11.3 Å². The van der Waals surface area contributed by atoms with Gasteiger partial charge >= 0.3 is 5.97 Å². The number of thioether (sulfide) groups is 1. The lowest BCUT2D eigenvalue weighted by atomic mass is 10.1. The molecule has 1 fully saturated rings. The molecule has 0 N–H and O–H groups in total. The molecule has 0 spiro atoms. The number of furan rings is 1. The minimum absolute atomic E-state index is 0.231. The first-order valence-corrected chi connectivity index (χ1v) is 11.1. The molecule has 6 nitrogen and oxygen atoms in total. The predicted octanol–water partition coefficient (Wildman–Crippen LogP) is 5.57. The highest BCUT2D eigenvalue weighted by Crippen LogP contribution is 2.34. The number of imide groups is 1. The Labute approximate surface area is 196 Å². The third kappa shape index (κ3) is 4.75. The molecule has 0 bridgehead atoms. The number of methoxy groups -OCH3 is 1. The first-order chi connectivity index (χ1) is 14.9. The molecule has 0 radical (unpaired) electrons. The fourth-order valence-electron chi connectivity index (χ4n) is 3.01. The van der Waals surface area contributed by atoms with E-state index in [9.17, 15) is 14.4 Å². The van der Waals surface area contributed by atoms with Crippen molar-refractivity contribution in [2.75, 3.05) is 7.11 Å². The maximum atomic E-state index is 12.7. The zero-order chi connectivity index (χ0) is 22.0. The molecular weight excluding hydrogens is 529 g/mol. The molecule has 1 aliphatic rings. The van der Waals surface area contributed by atoms with Gasteiger partial charge in [0.2, 0.25) is 0 Å². The first kappa shape index (κ1) is 21.4. The van der Waals surface area contributed by atoms with Crippen LogP contribution in [0.5, 0.6) is 0 Å². The average molecular weight is 545 g/mol. The summed E-state index contributed by atoms with van der Waals surface area (Å²) < 4.78 is 11.6. The zero-order valence-electron chi connectivity index (χ0n) is 16.3. The standard InChI is InChI=1S/C23H16INO5S/c1-29-22(27)16-6-4-15(5-7-16)19-11-10-18(30-19)12-20-21(26)25(23(28)31-20)13-14-2-8-17(24)9-3-14/h2-12H,13H2,1H3/b20-12+. The number of carbonyl (C=O) groups excluding carboxylic acids is 3. The molecule has 0 atom stereocenters. The number of benzene rings is 2. The topological polar surface area (TPSA) is 76.8 Å². The van der Waals surface area contributed by atoms with Gasteiger partial charge in [-0.1, -0.05) is 24.3 Å². The van der Waals surface area contributed by atoms with Crippen LogP contribution in [0.1, 0.15) is 21.7 Å². The van der Waals surface area contributed by atoms with E-state index in [0.29, 0.717) is 22.0 Å². The Balaban J connectivity index is 1.50. The van der Waals surface area contributed by atoms with Crippen molar-refractivity contribution in [2.45, 2.75) is 6.54 Å². The van der Waals surface area contributed by atoms with Crippen LogP contribution in [0.15, 0.2) is 70.0 Å². The van der Waals surface area contributed by atoms with E-state index < -0.39 is 5.97 Å². The number of hydrogen-bond donors (Lipinski definition) is 0. The van der Waals surface area contributed by atoms with Gasteiger partial charge in [-0.25, -0.2) is 4.79 Å². The van der Waals surface area contributed by atoms with Crippen LogP contribution < -0.4 is 0 Å². The fourth-order valence-corrected chi connectivity index (χ4v) is 4.19. The Morgan fingerprint density at radius 2 is 1.77 bits per heavy atom. The van der Waals surface area contributed by atoms with Crippen molar-refractivity contribution in [1.29, 1.82) is 0 Å². The normalized spacial score (nSPS) is 15.0. The lowest BCUT2D eigenvalue weighted by Crippen LogP contribution is -2.27. The summed E-state index contributed by atoms with van der Waals surface area (Å²) in [5.74, 6) is 0.300. The van der Waals surface area contributed by atoms with E-state index in [2.05, 4.69) is 22.6 Å². The third-order valence-corrected chi connectivity index (χ3v) is 6.24. The van der Waals surface area contributed by atoms with E-state index in [-0.39, 0.29) is 17.7 Å². The van der Waals surface area contributed by atoms with Crippen molar-refractivity contribution < 1.29 is 23.5 Å². The number of hydrogen-bond acceptors (Lipinski definition) is 6. The second-order valence-corrected chi connectivity index (χ2v) is 8.90. The summed E-state index contributed by atoms with van der Waals surface area (Å²) in [5.41, 5.74) is 2.11. The van der Waals surface area contributed by atoms with Gasteiger partial charge in [0.05, 0.1) is 24.1 Å². The van der Waals surface area contributed by atoms with Crippen LogP contribution in [0, 0.1) is 3.57 Å². The summed E-state index contributed by atoms with van der Waals surface area (Å²) in [7, 11) is 1.33. The van der Waals surface area contributed by atoms with E-state index in [4.69, 9.17) is 9.15 Å². The van der Waals surface area contributed by atoms with Crippen molar-refractivity contribution in [2.24, 2.45) is 0 Å². The first-order valence-electron chi connectivity index (χ1n) is 9.23. The van der Waals surface area contributed by atoms with Gasteiger partial charge in [0.25, 0.3) is 11.1 Å². The van der Waals surface area contributed by atoms with E-state index in [1.807, 2.05) is 24.3 Å². The van der Waals surface area contributed by atoms with Crippen LogP contribution in [0.3, 0.4) is 0 Å². The molecule has 4 rings (SSSR count). The molecule has 1 aromatic heterocycles. The van der Waals surface area contributed by atoms with Gasteiger partial charge in [-0.05, 0) is 76.3 Å². The highest BCUT2D eigenvalue weighted by Gasteiger charge is 2.35. The molecule has 31 heavy (non-hydrogen) atoms. The molecule has 2 amide bonds. The fraction of sp³-hybridized carbons (Fsp3) is 0.0870. The highest BCUT2D eigenvalue weighted by atomic mass is 127. The molecule has 8 heteroatoms. The van der Waals surface area contributed by atoms with Crippen LogP contribution >= 0.6 is 34.4 Å². The summed E-state index contributed by atoms with van der Waals surface area (Å²) >= 11 is 3.10. The second kappa shape index (κ2) is 9.11. The molecule has 3 aromatic rings. The Kier molecular flexibility index (Phi) is 6.28. The van der Waals surface area contributed by atoms with Gasteiger partial charge in [0, 0.05) is 15.2 Å². The van der Waals surface area contributed by atoms with E-state index in [1.165, 1.54) is 12.0 Å². The number of amides is 2. The van der Waals surface area contributed by atoms with Crippen LogP contribution in [0.2, 0.25) is 0 Å². The Hall–Kier alpha value is -2.85. The number of halogens is 1. The van der Waals surface area contributed by atoms with E-state index in [0.717, 1.165) is 26.5 Å². The molecule has 156 valence electrons. The van der Waals surface area contributed by atoms with Crippen molar-refractivity contribution >= 4 is 57.5 Å². The van der Waals surface area contributed by atoms with Crippen molar-refractivity contribution in [3.63, 3.8) is 0 Å². The second-order valence-electron chi connectivity index (χ2n) is 6.67. The predicted molar refractivity (Wildman–Crippen MR) is 126 cm³/mol. The SMILES string of the molecule is COC(=O)c1ccc(-c2ccc(/C=C3/SC(=O)N(Cc4ccc(I)cc4)C3=O)o2)cc1. The van der Waals surface area contributed by atoms with E-state index >= 15 is 0 Å². The van der Waals surface area contributed by atoms with Crippen LogP contribution in [0.25, 0.3) is 17.4 Å². The van der Waals surface area contributed by atoms with Gasteiger partial charge < -0.3 is 9.15 Å². The van der Waals surface area contributed by atoms with Crippen LogP contribution in [-0.2, 0) is 16.1 Å². The monoisotopic (exact) mass is 545 g/mol. The van der Waals surface area contributed by atoms with Gasteiger partial charge in [-0.15, -0.1) is 0 Å². The molecule has 1 aliphatic heterocycles. The number of esters is 1. The maximum Gasteiger partial charge on any atom is 0.337 e.